The molecule has 0 N–H and O–H groups in total. The van der Waals surface area contributed by atoms with E-state index in [0.717, 1.165) is 45.4 Å². The van der Waals surface area contributed by atoms with Crippen molar-refractivity contribution in [2.24, 2.45) is 0 Å². The molecule has 0 saturated heterocycles. The molecular weight excluding hydrogens is 821 g/mol. The first-order valence-corrected chi connectivity index (χ1v) is 23.4. The molecule has 0 fully saturated rings. The number of rotatable bonds is 8. The van der Waals surface area contributed by atoms with Gasteiger partial charge in [0.1, 0.15) is 0 Å². The highest BCUT2D eigenvalue weighted by molar-refractivity contribution is 6.05. The third kappa shape index (κ3) is 7.72. The summed E-state index contributed by atoms with van der Waals surface area (Å²) >= 11 is 0. The molecule has 1 heterocycles. The standard InChI is InChI=1S/C66H46N2/c1-44-41-55-38-33-50-21-11-12-22-57(50)65(55)62(49-19-9-4-10-20-49)42-61(44)52-31-29-51(30-32-52)56-39-40-60(59-24-14-13-23-58(56)59)64-43-63(53-34-25-47(26-35-53)45-15-5-2-6-16-45)67-66(68-64)54-36-27-48(28-37-54)46-17-7-3-8-18-46/h2-40,42-43,61H,1,41H2. The first kappa shape index (κ1) is 40.8. The lowest BCUT2D eigenvalue weighted by Gasteiger charge is -2.17. The van der Waals surface area contributed by atoms with Crippen molar-refractivity contribution in [3.05, 3.63) is 283 Å². The Labute approximate surface area is 397 Å². The second kappa shape index (κ2) is 17.6. The summed E-state index contributed by atoms with van der Waals surface area (Å²) in [6, 6.07) is 87.0. The first-order chi connectivity index (χ1) is 33.6. The number of benzene rings is 10. The van der Waals surface area contributed by atoms with E-state index in [2.05, 4.69) is 243 Å². The van der Waals surface area contributed by atoms with Crippen LogP contribution in [0.5, 0.6) is 0 Å². The largest absolute Gasteiger partial charge is 0.228 e. The smallest absolute Gasteiger partial charge is 0.160 e. The molecule has 1 aliphatic carbocycles. The first-order valence-electron chi connectivity index (χ1n) is 23.4. The van der Waals surface area contributed by atoms with Crippen LogP contribution in [-0.4, -0.2) is 9.97 Å². The van der Waals surface area contributed by atoms with Gasteiger partial charge in [-0.05, 0) is 95.2 Å². The van der Waals surface area contributed by atoms with Crippen LogP contribution in [0.4, 0.5) is 0 Å². The highest BCUT2D eigenvalue weighted by atomic mass is 14.9. The molecule has 0 bridgehead atoms. The number of fused-ring (bicyclic) bond motifs is 4. The molecule has 2 heteroatoms. The van der Waals surface area contributed by atoms with Gasteiger partial charge < -0.3 is 0 Å². The predicted molar refractivity (Wildman–Crippen MR) is 285 cm³/mol. The molecule has 11 aromatic rings. The topological polar surface area (TPSA) is 25.8 Å². The van der Waals surface area contributed by atoms with Crippen LogP contribution in [0.1, 0.15) is 28.2 Å². The van der Waals surface area contributed by atoms with E-state index in [-0.39, 0.29) is 5.92 Å². The van der Waals surface area contributed by atoms with Crippen molar-refractivity contribution in [3.63, 3.8) is 0 Å². The lowest BCUT2D eigenvalue weighted by Crippen LogP contribution is -2.01. The van der Waals surface area contributed by atoms with E-state index in [0.29, 0.717) is 5.82 Å². The lowest BCUT2D eigenvalue weighted by molar-refractivity contribution is 0.947. The molecule has 0 saturated carbocycles. The molecule has 1 atom stereocenters. The zero-order chi connectivity index (χ0) is 45.4. The Morgan fingerprint density at radius 1 is 0.368 bits per heavy atom. The third-order valence-corrected chi connectivity index (χ3v) is 13.6. The second-order valence-corrected chi connectivity index (χ2v) is 17.8. The van der Waals surface area contributed by atoms with Gasteiger partial charge in [-0.2, -0.15) is 0 Å². The Morgan fingerprint density at radius 3 is 1.50 bits per heavy atom. The summed E-state index contributed by atoms with van der Waals surface area (Å²) in [6.07, 6.45) is 3.27. The van der Waals surface area contributed by atoms with Crippen molar-refractivity contribution in [3.8, 4) is 67.3 Å². The van der Waals surface area contributed by atoms with Crippen LogP contribution < -0.4 is 0 Å². The fourth-order valence-electron chi connectivity index (χ4n) is 10.1. The van der Waals surface area contributed by atoms with Crippen LogP contribution in [0.2, 0.25) is 0 Å². The summed E-state index contributed by atoms with van der Waals surface area (Å²) < 4.78 is 0. The van der Waals surface area contributed by atoms with E-state index < -0.39 is 0 Å². The molecule has 12 rings (SSSR count). The van der Waals surface area contributed by atoms with Crippen LogP contribution in [0.15, 0.2) is 261 Å². The van der Waals surface area contributed by atoms with Gasteiger partial charge in [-0.15, -0.1) is 0 Å². The molecule has 0 amide bonds. The van der Waals surface area contributed by atoms with Crippen LogP contribution >= 0.6 is 0 Å². The normalized spacial score (nSPS) is 13.5. The van der Waals surface area contributed by atoms with Crippen LogP contribution in [-0.2, 0) is 6.42 Å². The van der Waals surface area contributed by atoms with Crippen LogP contribution in [0.25, 0.3) is 94.4 Å². The van der Waals surface area contributed by atoms with Gasteiger partial charge in [-0.1, -0.05) is 255 Å². The maximum atomic E-state index is 5.33. The van der Waals surface area contributed by atoms with Crippen molar-refractivity contribution < 1.29 is 0 Å². The number of hydrogen-bond acceptors (Lipinski definition) is 2. The minimum Gasteiger partial charge on any atom is -0.228 e. The maximum Gasteiger partial charge on any atom is 0.160 e. The van der Waals surface area contributed by atoms with Crippen LogP contribution in [0.3, 0.4) is 0 Å². The molecule has 320 valence electrons. The molecule has 1 aliphatic rings. The van der Waals surface area contributed by atoms with Crippen molar-refractivity contribution in [1.29, 1.82) is 0 Å². The molecule has 0 spiro atoms. The van der Waals surface area contributed by atoms with Gasteiger partial charge in [0.05, 0.1) is 11.4 Å². The average Bonchev–Trinajstić information content (AvgIpc) is 3.57. The second-order valence-electron chi connectivity index (χ2n) is 17.8. The maximum absolute atomic E-state index is 5.33. The number of allylic oxidation sites excluding steroid dienone is 2. The molecule has 68 heavy (non-hydrogen) atoms. The van der Waals surface area contributed by atoms with Crippen molar-refractivity contribution in [1.82, 2.24) is 9.97 Å². The predicted octanol–water partition coefficient (Wildman–Crippen LogP) is 17.1. The summed E-state index contributed by atoms with van der Waals surface area (Å²) in [7, 11) is 0. The van der Waals surface area contributed by atoms with Gasteiger partial charge in [0.25, 0.3) is 0 Å². The fourth-order valence-corrected chi connectivity index (χ4v) is 10.1. The lowest BCUT2D eigenvalue weighted by atomic mass is 9.87. The Morgan fingerprint density at radius 2 is 0.853 bits per heavy atom. The van der Waals surface area contributed by atoms with Gasteiger partial charge in [0, 0.05) is 22.6 Å². The Balaban J connectivity index is 0.928. The van der Waals surface area contributed by atoms with Crippen molar-refractivity contribution in [2.75, 3.05) is 0 Å². The van der Waals surface area contributed by atoms with E-state index in [4.69, 9.17) is 16.5 Å². The number of aromatic nitrogens is 2. The zero-order valence-electron chi connectivity index (χ0n) is 37.6. The Kier molecular flexibility index (Phi) is 10.5. The molecule has 1 aromatic heterocycles. The van der Waals surface area contributed by atoms with Crippen LogP contribution in [0, 0.1) is 0 Å². The van der Waals surface area contributed by atoms with E-state index in [1.165, 1.54) is 77.4 Å². The van der Waals surface area contributed by atoms with Crippen molar-refractivity contribution >= 4 is 27.1 Å². The molecule has 10 aromatic carbocycles. The minimum atomic E-state index is 0.0507. The summed E-state index contributed by atoms with van der Waals surface area (Å²) in [5.74, 6) is 0.739. The van der Waals surface area contributed by atoms with E-state index in [9.17, 15) is 0 Å². The minimum absolute atomic E-state index is 0.0507. The molecule has 2 nitrogen and oxygen atoms in total. The quantitative estimate of drug-likeness (QED) is 0.142. The molecular formula is C66H46N2. The summed E-state index contributed by atoms with van der Waals surface area (Å²) in [6.45, 7) is 4.73. The molecule has 1 unspecified atom stereocenters. The van der Waals surface area contributed by atoms with Gasteiger partial charge in [0.2, 0.25) is 0 Å². The highest BCUT2D eigenvalue weighted by Crippen LogP contribution is 2.43. The van der Waals surface area contributed by atoms with Gasteiger partial charge >= 0.3 is 0 Å². The van der Waals surface area contributed by atoms with E-state index >= 15 is 0 Å². The number of hydrogen-bond donors (Lipinski definition) is 0. The highest BCUT2D eigenvalue weighted by Gasteiger charge is 2.24. The summed E-state index contributed by atoms with van der Waals surface area (Å²) in [5.41, 5.74) is 19.4. The SMILES string of the molecule is C=C1Cc2ccc3ccccc3c2C(c2ccccc2)=CC1c1ccc(-c2ccc(-c3cc(-c4ccc(-c5ccccc5)cc4)nc(-c4ccc(-c5ccccc5)cc4)n3)c3ccccc23)cc1. The fraction of sp³-hybridized carbons (Fsp3) is 0.0303. The van der Waals surface area contributed by atoms with E-state index in [1.54, 1.807) is 0 Å². The molecule has 0 radical (unpaired) electrons. The van der Waals surface area contributed by atoms with E-state index in [1.807, 2.05) is 6.07 Å². The molecule has 0 aliphatic heterocycles. The summed E-state index contributed by atoms with van der Waals surface area (Å²) in [5, 5.41) is 4.85. The number of nitrogens with zero attached hydrogens (tertiary/aromatic N) is 2. The Hall–Kier alpha value is -8.72. The zero-order valence-corrected chi connectivity index (χ0v) is 37.6. The van der Waals surface area contributed by atoms with Crippen molar-refractivity contribution in [2.45, 2.75) is 12.3 Å². The van der Waals surface area contributed by atoms with Gasteiger partial charge in [0.15, 0.2) is 5.82 Å². The van der Waals surface area contributed by atoms with Gasteiger partial charge in [-0.25, -0.2) is 9.97 Å². The Bertz CT molecular complexity index is 3560. The van der Waals surface area contributed by atoms with Gasteiger partial charge in [-0.3, -0.25) is 0 Å². The average molecular weight is 867 g/mol. The summed E-state index contributed by atoms with van der Waals surface area (Å²) in [4.78, 5) is 10.6. The third-order valence-electron chi connectivity index (χ3n) is 13.6. The monoisotopic (exact) mass is 866 g/mol.